The van der Waals surface area contributed by atoms with Gasteiger partial charge < -0.3 is 5.11 Å². The van der Waals surface area contributed by atoms with Crippen LogP contribution in [0.2, 0.25) is 0 Å². The second-order valence-electron chi connectivity index (χ2n) is 5.42. The molecule has 3 nitrogen and oxygen atoms in total. The highest BCUT2D eigenvalue weighted by Crippen LogP contribution is 2.45. The van der Waals surface area contributed by atoms with E-state index in [0.717, 1.165) is 30.4 Å². The number of carbonyl (C=O) groups is 1. The Labute approximate surface area is 101 Å². The minimum Gasteiger partial charge on any atom is -0.480 e. The molecule has 0 aromatic heterocycles. The van der Waals surface area contributed by atoms with Gasteiger partial charge in [-0.15, -0.1) is 11.8 Å². The van der Waals surface area contributed by atoms with Gasteiger partial charge in [0.15, 0.2) is 0 Å². The summed E-state index contributed by atoms with van der Waals surface area (Å²) in [5.41, 5.74) is 0. The van der Waals surface area contributed by atoms with Crippen molar-refractivity contribution in [3.63, 3.8) is 0 Å². The van der Waals surface area contributed by atoms with Crippen molar-refractivity contribution in [2.75, 3.05) is 5.75 Å². The molecule has 1 heterocycles. The van der Waals surface area contributed by atoms with Crippen LogP contribution in [0.1, 0.15) is 39.5 Å². The minimum atomic E-state index is -0.699. The molecule has 0 amide bonds. The fourth-order valence-corrected chi connectivity index (χ4v) is 4.30. The Morgan fingerprint density at radius 2 is 2.06 bits per heavy atom. The number of carboxylic acid groups (broad SMARTS) is 1. The Morgan fingerprint density at radius 3 is 2.50 bits per heavy atom. The molecular formula is C12H21NO2S. The Balaban J connectivity index is 1.91. The van der Waals surface area contributed by atoms with E-state index in [2.05, 4.69) is 19.2 Å². The van der Waals surface area contributed by atoms with E-state index in [0.29, 0.717) is 0 Å². The van der Waals surface area contributed by atoms with E-state index in [1.165, 1.54) is 12.8 Å². The van der Waals surface area contributed by atoms with Gasteiger partial charge in [0.1, 0.15) is 6.04 Å². The lowest BCUT2D eigenvalue weighted by Gasteiger charge is -2.38. The first kappa shape index (κ1) is 12.2. The lowest BCUT2D eigenvalue weighted by molar-refractivity contribution is -0.139. The van der Waals surface area contributed by atoms with E-state index < -0.39 is 5.97 Å². The van der Waals surface area contributed by atoms with E-state index >= 15 is 0 Å². The Hall–Kier alpha value is -0.220. The normalized spacial score (nSPS) is 39.4. The van der Waals surface area contributed by atoms with E-state index in [1.807, 2.05) is 11.8 Å². The van der Waals surface area contributed by atoms with Crippen LogP contribution in [0.4, 0.5) is 0 Å². The largest absolute Gasteiger partial charge is 0.480 e. The molecule has 0 radical (unpaired) electrons. The number of carboxylic acids is 1. The molecule has 2 fully saturated rings. The summed E-state index contributed by atoms with van der Waals surface area (Å²) in [6.45, 7) is 4.58. The summed E-state index contributed by atoms with van der Waals surface area (Å²) in [4.78, 5) is 11.0. The highest BCUT2D eigenvalue weighted by atomic mass is 32.2. The quantitative estimate of drug-likeness (QED) is 0.781. The molecule has 16 heavy (non-hydrogen) atoms. The van der Waals surface area contributed by atoms with Crippen molar-refractivity contribution >= 4 is 17.7 Å². The molecule has 1 aliphatic heterocycles. The van der Waals surface area contributed by atoms with Gasteiger partial charge in [-0.3, -0.25) is 10.1 Å². The van der Waals surface area contributed by atoms with Crippen LogP contribution >= 0.6 is 11.8 Å². The third kappa shape index (κ3) is 2.38. The van der Waals surface area contributed by atoms with Gasteiger partial charge >= 0.3 is 5.97 Å². The number of nitrogens with one attached hydrogen (secondary N) is 1. The average molecular weight is 243 g/mol. The van der Waals surface area contributed by atoms with Crippen molar-refractivity contribution in [2.45, 2.75) is 50.4 Å². The smallest absolute Gasteiger partial charge is 0.321 e. The van der Waals surface area contributed by atoms with Gasteiger partial charge in [-0.25, -0.2) is 0 Å². The first-order chi connectivity index (χ1) is 7.52. The highest BCUT2D eigenvalue weighted by Gasteiger charge is 2.44. The van der Waals surface area contributed by atoms with Crippen molar-refractivity contribution in [3.05, 3.63) is 0 Å². The van der Waals surface area contributed by atoms with Crippen molar-refractivity contribution in [1.82, 2.24) is 5.32 Å². The highest BCUT2D eigenvalue weighted by molar-refractivity contribution is 8.00. The van der Waals surface area contributed by atoms with Gasteiger partial charge in [0, 0.05) is 5.75 Å². The number of hydrogen-bond acceptors (Lipinski definition) is 3. The molecule has 4 heteroatoms. The van der Waals surface area contributed by atoms with Gasteiger partial charge in [0.2, 0.25) is 0 Å². The summed E-state index contributed by atoms with van der Waals surface area (Å²) in [6.07, 6.45) is 4.74. The number of aliphatic carboxylic acids is 1. The molecule has 2 rings (SSSR count). The molecule has 1 saturated heterocycles. The zero-order valence-electron chi connectivity index (χ0n) is 10.0. The maximum absolute atomic E-state index is 10.9. The number of thioether (sulfide) groups is 1. The lowest BCUT2D eigenvalue weighted by Crippen LogP contribution is -2.47. The third-order valence-corrected chi connectivity index (χ3v) is 5.62. The fraction of sp³-hybridized carbons (Fsp3) is 0.917. The summed E-state index contributed by atoms with van der Waals surface area (Å²) in [7, 11) is 0. The van der Waals surface area contributed by atoms with Crippen LogP contribution < -0.4 is 5.32 Å². The maximum Gasteiger partial charge on any atom is 0.321 e. The number of hydrogen-bond donors (Lipinski definition) is 2. The first-order valence-electron chi connectivity index (χ1n) is 6.17. The first-order valence-corrected chi connectivity index (χ1v) is 7.15. The standard InChI is InChI=1S/C12H21NO2S/c1-8(2)9-3-5-12(6-4-9)13-10(7-16-12)11(14)15/h8-10,13H,3-7H2,1-2H3,(H,14,15)/t9?,10-,12?/m1/s1. The van der Waals surface area contributed by atoms with Gasteiger partial charge in [-0.1, -0.05) is 13.8 Å². The molecule has 0 aromatic rings. The average Bonchev–Trinajstić information content (AvgIpc) is 2.63. The van der Waals surface area contributed by atoms with E-state index in [4.69, 9.17) is 5.11 Å². The van der Waals surface area contributed by atoms with Crippen LogP contribution in [0.25, 0.3) is 0 Å². The molecule has 1 atom stereocenters. The van der Waals surface area contributed by atoms with Crippen LogP contribution in [-0.2, 0) is 4.79 Å². The van der Waals surface area contributed by atoms with Gasteiger partial charge in [0.05, 0.1) is 4.87 Å². The molecule has 0 aromatic carbocycles. The molecule has 0 bridgehead atoms. The zero-order valence-corrected chi connectivity index (χ0v) is 10.8. The summed E-state index contributed by atoms with van der Waals surface area (Å²) in [5.74, 6) is 1.62. The maximum atomic E-state index is 10.9. The Morgan fingerprint density at radius 1 is 1.44 bits per heavy atom. The van der Waals surface area contributed by atoms with Crippen LogP contribution in [-0.4, -0.2) is 27.7 Å². The van der Waals surface area contributed by atoms with Gasteiger partial charge in [0.25, 0.3) is 0 Å². The van der Waals surface area contributed by atoms with E-state index in [9.17, 15) is 4.79 Å². The summed E-state index contributed by atoms with van der Waals surface area (Å²) >= 11 is 1.82. The van der Waals surface area contributed by atoms with Crippen molar-refractivity contribution in [3.8, 4) is 0 Å². The predicted molar refractivity (Wildman–Crippen MR) is 66.5 cm³/mol. The van der Waals surface area contributed by atoms with Gasteiger partial charge in [-0.2, -0.15) is 0 Å². The number of rotatable bonds is 2. The van der Waals surface area contributed by atoms with E-state index in [1.54, 1.807) is 0 Å². The molecule has 1 spiro atoms. The zero-order chi connectivity index (χ0) is 11.8. The Kier molecular flexibility index (Phi) is 3.50. The van der Waals surface area contributed by atoms with Gasteiger partial charge in [-0.05, 0) is 37.5 Å². The second kappa shape index (κ2) is 4.57. The topological polar surface area (TPSA) is 49.3 Å². The predicted octanol–water partition coefficient (Wildman–Crippen LogP) is 2.32. The third-order valence-electron chi connectivity index (χ3n) is 4.04. The van der Waals surface area contributed by atoms with Crippen molar-refractivity contribution in [1.29, 1.82) is 0 Å². The van der Waals surface area contributed by atoms with Crippen molar-refractivity contribution < 1.29 is 9.90 Å². The lowest BCUT2D eigenvalue weighted by atomic mass is 9.79. The molecule has 1 saturated carbocycles. The van der Waals surface area contributed by atoms with E-state index in [-0.39, 0.29) is 10.9 Å². The van der Waals surface area contributed by atoms with Crippen molar-refractivity contribution in [2.24, 2.45) is 11.8 Å². The van der Waals surface area contributed by atoms with Crippen LogP contribution in [0, 0.1) is 11.8 Å². The summed E-state index contributed by atoms with van der Waals surface area (Å²) in [5, 5.41) is 12.3. The SMILES string of the molecule is CC(C)C1CCC2(CC1)N[C@@H](C(=O)O)CS2. The molecule has 2 N–H and O–H groups in total. The van der Waals surface area contributed by atoms with Crippen LogP contribution in [0.3, 0.4) is 0 Å². The fourth-order valence-electron chi connectivity index (χ4n) is 2.84. The monoisotopic (exact) mass is 243 g/mol. The summed E-state index contributed by atoms with van der Waals surface area (Å²) in [6, 6.07) is -0.333. The second-order valence-corrected chi connectivity index (χ2v) is 6.83. The summed E-state index contributed by atoms with van der Waals surface area (Å²) < 4.78 is 0. The Bertz CT molecular complexity index is 272. The molecule has 2 aliphatic rings. The van der Waals surface area contributed by atoms with Crippen LogP contribution in [0.5, 0.6) is 0 Å². The molecule has 92 valence electrons. The minimum absolute atomic E-state index is 0.0778. The molecule has 0 unspecified atom stereocenters. The molecular weight excluding hydrogens is 222 g/mol. The van der Waals surface area contributed by atoms with Crippen LogP contribution in [0.15, 0.2) is 0 Å². The molecule has 1 aliphatic carbocycles.